The van der Waals surface area contributed by atoms with Crippen molar-refractivity contribution in [1.29, 1.82) is 0 Å². The summed E-state index contributed by atoms with van der Waals surface area (Å²) in [6.45, 7) is 3.70. The third-order valence-corrected chi connectivity index (χ3v) is 4.14. The van der Waals surface area contributed by atoms with Crippen LogP contribution >= 0.6 is 0 Å². The molecule has 1 heterocycles. The molecule has 1 atom stereocenters. The third-order valence-electron chi connectivity index (χ3n) is 4.14. The predicted molar refractivity (Wildman–Crippen MR) is 89.8 cm³/mol. The van der Waals surface area contributed by atoms with E-state index in [1.807, 2.05) is 44.2 Å². The molecule has 0 saturated heterocycles. The topological polar surface area (TPSA) is 72.6 Å². The lowest BCUT2D eigenvalue weighted by atomic mass is 9.94. The van der Waals surface area contributed by atoms with Crippen LogP contribution in [0.25, 0.3) is 0 Å². The van der Waals surface area contributed by atoms with Crippen molar-refractivity contribution in [3.8, 4) is 0 Å². The van der Waals surface area contributed by atoms with Crippen molar-refractivity contribution in [3.63, 3.8) is 0 Å². The van der Waals surface area contributed by atoms with E-state index in [1.165, 1.54) is 7.11 Å². The molecule has 2 aromatic rings. The molecule has 1 amide bonds. The van der Waals surface area contributed by atoms with Crippen LogP contribution in [0.2, 0.25) is 0 Å². The highest BCUT2D eigenvalue weighted by atomic mass is 16.5. The Kier molecular flexibility index (Phi) is 5.73. The van der Waals surface area contributed by atoms with Crippen LogP contribution in [0.1, 0.15) is 35.8 Å². The SMILES string of the molecule is COC(=O)C[C@@H](CC(=O)N(C)c1ccccc1)c1onc(C)c1C. The predicted octanol–water partition coefficient (Wildman–Crippen LogP) is 2.99. The Labute approximate surface area is 141 Å². The van der Waals surface area contributed by atoms with Gasteiger partial charge in [0.1, 0.15) is 5.76 Å². The normalized spacial score (nSPS) is 11.8. The van der Waals surface area contributed by atoms with Crippen molar-refractivity contribution >= 4 is 17.6 Å². The average Bonchev–Trinajstić information content (AvgIpc) is 2.93. The lowest BCUT2D eigenvalue weighted by Gasteiger charge is -2.20. The first-order valence-electron chi connectivity index (χ1n) is 7.75. The standard InChI is InChI=1S/C18H22N2O4/c1-12-13(2)19-24-18(12)14(11-17(22)23-4)10-16(21)20(3)15-8-6-5-7-9-15/h5-9,14H,10-11H2,1-4H3/t14-/m1/s1. The van der Waals surface area contributed by atoms with E-state index >= 15 is 0 Å². The van der Waals surface area contributed by atoms with Gasteiger partial charge >= 0.3 is 5.97 Å². The highest BCUT2D eigenvalue weighted by Crippen LogP contribution is 2.29. The van der Waals surface area contributed by atoms with Crippen molar-refractivity contribution in [3.05, 3.63) is 47.3 Å². The monoisotopic (exact) mass is 330 g/mol. The Morgan fingerprint density at radius 2 is 1.88 bits per heavy atom. The van der Waals surface area contributed by atoms with Gasteiger partial charge in [-0.05, 0) is 26.0 Å². The maximum absolute atomic E-state index is 12.6. The fourth-order valence-corrected chi connectivity index (χ4v) is 2.50. The molecule has 0 spiro atoms. The van der Waals surface area contributed by atoms with Gasteiger partial charge in [0.15, 0.2) is 0 Å². The zero-order valence-corrected chi connectivity index (χ0v) is 14.4. The number of hydrogen-bond acceptors (Lipinski definition) is 5. The summed E-state index contributed by atoms with van der Waals surface area (Å²) in [6, 6.07) is 9.35. The second-order valence-electron chi connectivity index (χ2n) is 5.73. The Morgan fingerprint density at radius 1 is 1.21 bits per heavy atom. The fraction of sp³-hybridized carbons (Fsp3) is 0.389. The first-order chi connectivity index (χ1) is 11.4. The first-order valence-corrected chi connectivity index (χ1v) is 7.75. The largest absolute Gasteiger partial charge is 0.469 e. The first kappa shape index (κ1) is 17.7. The number of aryl methyl sites for hydroxylation is 1. The van der Waals surface area contributed by atoms with Gasteiger partial charge in [-0.25, -0.2) is 0 Å². The molecule has 0 fully saturated rings. The Bertz CT molecular complexity index is 709. The number of hydrogen-bond donors (Lipinski definition) is 0. The van der Waals surface area contributed by atoms with Gasteiger partial charge in [-0.15, -0.1) is 0 Å². The number of esters is 1. The summed E-state index contributed by atoms with van der Waals surface area (Å²) >= 11 is 0. The van der Waals surface area contributed by atoms with E-state index in [-0.39, 0.29) is 24.7 Å². The number of nitrogens with zero attached hydrogens (tertiary/aromatic N) is 2. The maximum Gasteiger partial charge on any atom is 0.306 e. The number of amides is 1. The molecule has 0 aliphatic carbocycles. The van der Waals surface area contributed by atoms with Crippen LogP contribution in [0.5, 0.6) is 0 Å². The highest BCUT2D eigenvalue weighted by molar-refractivity contribution is 5.93. The zero-order valence-electron chi connectivity index (χ0n) is 14.4. The number of rotatable bonds is 6. The Hall–Kier alpha value is -2.63. The van der Waals surface area contributed by atoms with Crippen LogP contribution in [-0.4, -0.2) is 31.2 Å². The Balaban J connectivity index is 2.20. The molecule has 0 N–H and O–H groups in total. The van der Waals surface area contributed by atoms with Gasteiger partial charge in [-0.1, -0.05) is 23.4 Å². The van der Waals surface area contributed by atoms with E-state index in [0.29, 0.717) is 5.76 Å². The van der Waals surface area contributed by atoms with Crippen LogP contribution in [-0.2, 0) is 14.3 Å². The van der Waals surface area contributed by atoms with Gasteiger partial charge in [0.25, 0.3) is 0 Å². The summed E-state index contributed by atoms with van der Waals surface area (Å²) in [5.74, 6) is -0.336. The minimum Gasteiger partial charge on any atom is -0.469 e. The minimum atomic E-state index is -0.405. The second kappa shape index (κ2) is 7.77. The summed E-state index contributed by atoms with van der Waals surface area (Å²) in [5.41, 5.74) is 2.41. The van der Waals surface area contributed by atoms with Gasteiger partial charge in [0.2, 0.25) is 5.91 Å². The summed E-state index contributed by atoms with van der Waals surface area (Å²) in [4.78, 5) is 25.9. The smallest absolute Gasteiger partial charge is 0.306 e. The number of carbonyl (C=O) groups excluding carboxylic acids is 2. The average molecular weight is 330 g/mol. The molecular formula is C18H22N2O4. The van der Waals surface area contributed by atoms with Crippen molar-refractivity contribution in [1.82, 2.24) is 5.16 Å². The lowest BCUT2D eigenvalue weighted by molar-refractivity contribution is -0.141. The molecule has 128 valence electrons. The van der Waals surface area contributed by atoms with Crippen LogP contribution in [0.3, 0.4) is 0 Å². The fourth-order valence-electron chi connectivity index (χ4n) is 2.50. The van der Waals surface area contributed by atoms with Gasteiger partial charge in [0, 0.05) is 30.6 Å². The molecule has 0 bridgehead atoms. The molecule has 0 aliphatic heterocycles. The van der Waals surface area contributed by atoms with Crippen LogP contribution < -0.4 is 4.90 Å². The number of aromatic nitrogens is 1. The number of anilines is 1. The van der Waals surface area contributed by atoms with E-state index < -0.39 is 5.92 Å². The summed E-state index contributed by atoms with van der Waals surface area (Å²) in [6.07, 6.45) is 0.205. The Morgan fingerprint density at radius 3 is 2.42 bits per heavy atom. The molecule has 2 rings (SSSR count). The van der Waals surface area contributed by atoms with Gasteiger partial charge in [0.05, 0.1) is 19.2 Å². The van der Waals surface area contributed by atoms with Crippen LogP contribution in [0.15, 0.2) is 34.9 Å². The number of ether oxygens (including phenoxy) is 1. The van der Waals surface area contributed by atoms with Gasteiger partial charge < -0.3 is 14.2 Å². The number of methoxy groups -OCH3 is 1. The molecule has 0 aliphatic rings. The second-order valence-corrected chi connectivity index (χ2v) is 5.73. The molecule has 24 heavy (non-hydrogen) atoms. The number of para-hydroxylation sites is 1. The van der Waals surface area contributed by atoms with Crippen molar-refractivity contribution < 1.29 is 18.8 Å². The molecule has 6 heteroatoms. The van der Waals surface area contributed by atoms with Gasteiger partial charge in [-0.2, -0.15) is 0 Å². The summed E-state index contributed by atoms with van der Waals surface area (Å²) in [5, 5.41) is 3.93. The van der Waals surface area contributed by atoms with E-state index in [1.54, 1.807) is 11.9 Å². The van der Waals surface area contributed by atoms with E-state index in [9.17, 15) is 9.59 Å². The summed E-state index contributed by atoms with van der Waals surface area (Å²) in [7, 11) is 3.04. The van der Waals surface area contributed by atoms with E-state index in [4.69, 9.17) is 9.26 Å². The van der Waals surface area contributed by atoms with Crippen molar-refractivity contribution in [2.45, 2.75) is 32.6 Å². The van der Waals surface area contributed by atoms with Crippen molar-refractivity contribution in [2.24, 2.45) is 0 Å². The van der Waals surface area contributed by atoms with Crippen molar-refractivity contribution in [2.75, 3.05) is 19.1 Å². The molecule has 0 radical (unpaired) electrons. The highest BCUT2D eigenvalue weighted by Gasteiger charge is 2.27. The molecule has 0 saturated carbocycles. The van der Waals surface area contributed by atoms with E-state index in [2.05, 4.69) is 5.16 Å². The molecular weight excluding hydrogens is 308 g/mol. The van der Waals surface area contributed by atoms with E-state index in [0.717, 1.165) is 16.9 Å². The quantitative estimate of drug-likeness (QED) is 0.761. The van der Waals surface area contributed by atoms with Gasteiger partial charge in [-0.3, -0.25) is 9.59 Å². The molecule has 1 aromatic heterocycles. The summed E-state index contributed by atoms with van der Waals surface area (Å²) < 4.78 is 10.1. The third kappa shape index (κ3) is 4.01. The van der Waals surface area contributed by atoms with Crippen LogP contribution in [0.4, 0.5) is 5.69 Å². The molecule has 1 aromatic carbocycles. The van der Waals surface area contributed by atoms with Crippen LogP contribution in [0, 0.1) is 13.8 Å². The number of carbonyl (C=O) groups is 2. The molecule has 6 nitrogen and oxygen atoms in total. The minimum absolute atomic E-state index is 0.0698. The lowest BCUT2D eigenvalue weighted by Crippen LogP contribution is -2.28. The maximum atomic E-state index is 12.6. The molecule has 0 unspecified atom stereocenters. The zero-order chi connectivity index (χ0) is 17.7. The number of benzene rings is 1.